The van der Waals surface area contributed by atoms with E-state index in [-0.39, 0.29) is 0 Å². The first-order chi connectivity index (χ1) is 10.1. The van der Waals surface area contributed by atoms with Gasteiger partial charge in [0.2, 0.25) is 0 Å². The first-order valence-corrected chi connectivity index (χ1v) is 7.22. The molecule has 106 valence electrons. The van der Waals surface area contributed by atoms with E-state index in [4.69, 9.17) is 17.4 Å². The van der Waals surface area contributed by atoms with Crippen LogP contribution in [0.5, 0.6) is 0 Å². The summed E-state index contributed by atoms with van der Waals surface area (Å²) in [6, 6.07) is 10.9. The van der Waals surface area contributed by atoms with Gasteiger partial charge in [-0.3, -0.25) is 10.2 Å². The number of nitrogens with one attached hydrogen (secondary N) is 2. The maximum atomic E-state index is 11.6. The highest BCUT2D eigenvalue weighted by molar-refractivity contribution is 9.10. The molecular formula is C14H10BrClN4O. The van der Waals surface area contributed by atoms with E-state index in [0.717, 1.165) is 10.0 Å². The average Bonchev–Trinajstić information content (AvgIpc) is 2.91. The molecule has 0 saturated carbocycles. The minimum absolute atomic E-state index is 0.376. The summed E-state index contributed by atoms with van der Waals surface area (Å²) in [5, 5.41) is 0.394. The largest absolute Gasteiger partial charge is 0.338 e. The maximum absolute atomic E-state index is 11.6. The molecule has 0 bridgehead atoms. The third-order valence-electron chi connectivity index (χ3n) is 3.05. The Labute approximate surface area is 133 Å². The zero-order valence-corrected chi connectivity index (χ0v) is 13.0. The number of benzene rings is 2. The Hall–Kier alpha value is -1.89. The molecule has 0 aliphatic carbocycles. The van der Waals surface area contributed by atoms with Crippen LogP contribution in [0.2, 0.25) is 5.02 Å². The Kier molecular flexibility index (Phi) is 3.67. The van der Waals surface area contributed by atoms with Crippen LogP contribution in [0.3, 0.4) is 0 Å². The molecule has 5 nitrogen and oxygen atoms in total. The van der Waals surface area contributed by atoms with Gasteiger partial charge in [0.15, 0.2) is 0 Å². The molecule has 1 heterocycles. The second-order valence-corrected chi connectivity index (χ2v) is 5.74. The summed E-state index contributed by atoms with van der Waals surface area (Å²) >= 11 is 9.57. The highest BCUT2D eigenvalue weighted by Crippen LogP contribution is 2.27. The SMILES string of the molecule is NNC(=O)c1cc(Cl)c2nc(-c3ccc(Br)cc3)[nH]c2c1. The number of nitrogens with two attached hydrogens (primary N) is 1. The van der Waals surface area contributed by atoms with Crippen LogP contribution in [0.1, 0.15) is 10.4 Å². The van der Waals surface area contributed by atoms with Crippen molar-refractivity contribution in [2.24, 2.45) is 5.84 Å². The first-order valence-electron chi connectivity index (χ1n) is 6.04. The van der Waals surface area contributed by atoms with Crippen molar-refractivity contribution in [2.75, 3.05) is 0 Å². The van der Waals surface area contributed by atoms with Gasteiger partial charge in [-0.15, -0.1) is 0 Å². The van der Waals surface area contributed by atoms with Crippen molar-refractivity contribution in [2.45, 2.75) is 0 Å². The van der Waals surface area contributed by atoms with E-state index in [1.54, 1.807) is 6.07 Å². The molecule has 0 aliphatic rings. The second kappa shape index (κ2) is 5.48. The number of rotatable bonds is 2. The molecule has 3 rings (SSSR count). The molecule has 4 N–H and O–H groups in total. The van der Waals surface area contributed by atoms with E-state index < -0.39 is 5.91 Å². The summed E-state index contributed by atoms with van der Waals surface area (Å²) in [7, 11) is 0. The number of imidazole rings is 1. The summed E-state index contributed by atoms with van der Waals surface area (Å²) in [5.41, 5.74) is 4.68. The Bertz CT molecular complexity index is 829. The van der Waals surface area contributed by atoms with E-state index >= 15 is 0 Å². The lowest BCUT2D eigenvalue weighted by Crippen LogP contribution is -2.29. The van der Waals surface area contributed by atoms with E-state index in [1.165, 1.54) is 6.07 Å². The molecule has 2 aromatic carbocycles. The van der Waals surface area contributed by atoms with Gasteiger partial charge >= 0.3 is 0 Å². The Morgan fingerprint density at radius 1 is 1.29 bits per heavy atom. The van der Waals surface area contributed by atoms with Crippen LogP contribution in [-0.4, -0.2) is 15.9 Å². The van der Waals surface area contributed by atoms with E-state index in [1.807, 2.05) is 24.3 Å². The number of halogens is 2. The molecule has 0 saturated heterocycles. The lowest BCUT2D eigenvalue weighted by Gasteiger charge is -2.00. The number of aromatic amines is 1. The predicted molar refractivity (Wildman–Crippen MR) is 85.9 cm³/mol. The Morgan fingerprint density at radius 2 is 2.00 bits per heavy atom. The van der Waals surface area contributed by atoms with E-state index in [9.17, 15) is 4.79 Å². The standard InChI is InChI=1S/C14H10BrClN4O/c15-9-3-1-7(2-4-9)13-18-11-6-8(14(21)20-17)5-10(16)12(11)19-13/h1-6H,17H2,(H,18,19)(H,20,21). The second-order valence-electron chi connectivity index (χ2n) is 4.42. The van der Waals surface area contributed by atoms with Gasteiger partial charge in [0.25, 0.3) is 5.91 Å². The van der Waals surface area contributed by atoms with Crippen LogP contribution in [0.4, 0.5) is 0 Å². The summed E-state index contributed by atoms with van der Waals surface area (Å²) < 4.78 is 0.988. The van der Waals surface area contributed by atoms with Gasteiger partial charge < -0.3 is 4.98 Å². The Morgan fingerprint density at radius 3 is 2.67 bits per heavy atom. The Balaban J connectivity index is 2.13. The van der Waals surface area contributed by atoms with Crippen LogP contribution in [0.15, 0.2) is 40.9 Å². The molecule has 7 heteroatoms. The lowest BCUT2D eigenvalue weighted by molar-refractivity contribution is 0.0954. The highest BCUT2D eigenvalue weighted by Gasteiger charge is 2.13. The van der Waals surface area contributed by atoms with Crippen LogP contribution < -0.4 is 11.3 Å². The number of hydrazine groups is 1. The van der Waals surface area contributed by atoms with Gasteiger partial charge in [0.05, 0.1) is 10.5 Å². The predicted octanol–water partition coefficient (Wildman–Crippen LogP) is 3.25. The van der Waals surface area contributed by atoms with Gasteiger partial charge in [0, 0.05) is 15.6 Å². The monoisotopic (exact) mass is 364 g/mol. The highest BCUT2D eigenvalue weighted by atomic mass is 79.9. The van der Waals surface area contributed by atoms with E-state index in [0.29, 0.717) is 27.4 Å². The van der Waals surface area contributed by atoms with Crippen molar-refractivity contribution in [1.29, 1.82) is 0 Å². The summed E-state index contributed by atoms with van der Waals surface area (Å²) in [6.07, 6.45) is 0. The summed E-state index contributed by atoms with van der Waals surface area (Å²) in [5.74, 6) is 5.42. The smallest absolute Gasteiger partial charge is 0.265 e. The van der Waals surface area contributed by atoms with Gasteiger partial charge in [-0.25, -0.2) is 10.8 Å². The fraction of sp³-hybridized carbons (Fsp3) is 0. The lowest BCUT2D eigenvalue weighted by atomic mass is 10.2. The van der Waals surface area contributed by atoms with Gasteiger partial charge in [-0.1, -0.05) is 39.7 Å². The molecule has 0 spiro atoms. The van der Waals surface area contributed by atoms with Gasteiger partial charge in [0.1, 0.15) is 11.3 Å². The van der Waals surface area contributed by atoms with Crippen molar-refractivity contribution >= 4 is 44.5 Å². The molecule has 0 atom stereocenters. The number of amides is 1. The van der Waals surface area contributed by atoms with Crippen LogP contribution >= 0.6 is 27.5 Å². The minimum atomic E-state index is -0.404. The van der Waals surface area contributed by atoms with Crippen LogP contribution in [0, 0.1) is 0 Å². The zero-order valence-electron chi connectivity index (χ0n) is 10.7. The number of hydrogen-bond donors (Lipinski definition) is 3. The number of nitrogen functional groups attached to an aromatic ring is 1. The molecule has 3 aromatic rings. The zero-order chi connectivity index (χ0) is 15.0. The number of carbonyl (C=O) groups is 1. The third-order valence-corrected chi connectivity index (χ3v) is 3.87. The number of nitrogens with zero attached hydrogens (tertiary/aromatic N) is 1. The number of fused-ring (bicyclic) bond motifs is 1. The molecule has 0 radical (unpaired) electrons. The number of H-pyrrole nitrogens is 1. The quantitative estimate of drug-likeness (QED) is 0.370. The van der Waals surface area contributed by atoms with Crippen molar-refractivity contribution in [3.63, 3.8) is 0 Å². The van der Waals surface area contributed by atoms with Crippen molar-refractivity contribution in [1.82, 2.24) is 15.4 Å². The van der Waals surface area contributed by atoms with Gasteiger partial charge in [-0.2, -0.15) is 0 Å². The molecule has 0 fully saturated rings. The fourth-order valence-corrected chi connectivity index (χ4v) is 2.56. The van der Waals surface area contributed by atoms with Gasteiger partial charge in [-0.05, 0) is 24.3 Å². The fourth-order valence-electron chi connectivity index (χ4n) is 2.03. The molecule has 1 aromatic heterocycles. The van der Waals surface area contributed by atoms with Crippen LogP contribution in [0.25, 0.3) is 22.4 Å². The van der Waals surface area contributed by atoms with Crippen LogP contribution in [-0.2, 0) is 0 Å². The first kappa shape index (κ1) is 14.1. The normalized spacial score (nSPS) is 10.8. The van der Waals surface area contributed by atoms with Crippen molar-refractivity contribution in [3.05, 3.63) is 51.5 Å². The van der Waals surface area contributed by atoms with E-state index in [2.05, 4.69) is 31.3 Å². The number of hydrogen-bond acceptors (Lipinski definition) is 3. The maximum Gasteiger partial charge on any atom is 0.265 e. The van der Waals surface area contributed by atoms with Crippen molar-refractivity contribution in [3.8, 4) is 11.4 Å². The minimum Gasteiger partial charge on any atom is -0.338 e. The molecule has 0 unspecified atom stereocenters. The molecule has 0 aliphatic heterocycles. The molecule has 1 amide bonds. The molecular weight excluding hydrogens is 356 g/mol. The summed E-state index contributed by atoms with van der Waals surface area (Å²) in [6.45, 7) is 0. The number of carbonyl (C=O) groups excluding carboxylic acids is 1. The van der Waals surface area contributed by atoms with Crippen molar-refractivity contribution < 1.29 is 4.79 Å². The molecule has 21 heavy (non-hydrogen) atoms. The summed E-state index contributed by atoms with van der Waals surface area (Å²) in [4.78, 5) is 19.2. The third kappa shape index (κ3) is 2.65. The number of aromatic nitrogens is 2. The average molecular weight is 366 g/mol. The topological polar surface area (TPSA) is 83.8 Å².